The first-order valence-electron chi connectivity index (χ1n) is 11.0. The van der Waals surface area contributed by atoms with Crippen LogP contribution in [0.4, 0.5) is 0 Å². The van der Waals surface area contributed by atoms with E-state index in [1.54, 1.807) is 0 Å². The second-order valence-corrected chi connectivity index (χ2v) is 8.67. The van der Waals surface area contributed by atoms with Crippen LogP contribution in [0.25, 0.3) is 28.0 Å². The Hall–Kier alpha value is -4.24. The van der Waals surface area contributed by atoms with E-state index in [1.807, 2.05) is 66.2 Å². The lowest BCUT2D eigenvalue weighted by Crippen LogP contribution is -2.05. The summed E-state index contributed by atoms with van der Waals surface area (Å²) in [4.78, 5) is 16.1. The third kappa shape index (κ3) is 4.45. The summed E-state index contributed by atoms with van der Waals surface area (Å²) >= 11 is 1.22. The Morgan fingerprint density at radius 3 is 2.63 bits per heavy atom. The van der Waals surface area contributed by atoms with Crippen molar-refractivity contribution in [3.8, 4) is 34.3 Å². The van der Waals surface area contributed by atoms with Gasteiger partial charge >= 0.3 is 0 Å². The van der Waals surface area contributed by atoms with Gasteiger partial charge in [0.2, 0.25) is 0 Å². The first kappa shape index (κ1) is 22.5. The van der Waals surface area contributed by atoms with Gasteiger partial charge in [0.15, 0.2) is 16.8 Å². The number of thioether (sulfide) groups is 1. The van der Waals surface area contributed by atoms with Gasteiger partial charge in [-0.25, -0.2) is 0 Å². The minimum absolute atomic E-state index is 0.0291. The molecule has 0 radical (unpaired) electrons. The summed E-state index contributed by atoms with van der Waals surface area (Å²) in [7, 11) is 0. The summed E-state index contributed by atoms with van der Waals surface area (Å²) in [6.45, 7) is 2.50. The molecule has 2 heterocycles. The molecule has 0 spiro atoms. The van der Waals surface area contributed by atoms with Crippen LogP contribution in [-0.2, 0) is 0 Å². The number of H-pyrrole nitrogens is 1. The van der Waals surface area contributed by atoms with Gasteiger partial charge in [0.25, 0.3) is 0 Å². The zero-order chi connectivity index (χ0) is 24.4. The Labute approximate surface area is 205 Å². The predicted molar refractivity (Wildman–Crippen MR) is 135 cm³/mol. The van der Waals surface area contributed by atoms with Gasteiger partial charge in [-0.15, -0.1) is 10.2 Å². The SMILES string of the molecule is CCOc1ccc(-n2c(SCC(=O)c3ccc(O)cc3O)nnc2-c2c[nH]c3ccccc23)cc1. The van der Waals surface area contributed by atoms with Crippen molar-refractivity contribution in [1.29, 1.82) is 0 Å². The smallest absolute Gasteiger partial charge is 0.196 e. The lowest BCUT2D eigenvalue weighted by atomic mass is 10.1. The molecule has 0 unspecified atom stereocenters. The molecule has 0 atom stereocenters. The van der Waals surface area contributed by atoms with Crippen molar-refractivity contribution in [3.63, 3.8) is 0 Å². The molecule has 0 fully saturated rings. The number of Topliss-reactive ketones (excluding diaryl/α,β-unsaturated/α-hetero) is 1. The van der Waals surface area contributed by atoms with Gasteiger partial charge in [0, 0.05) is 34.4 Å². The predicted octanol–water partition coefficient (Wildman–Crippen LogP) is 5.20. The number of hydrogen-bond acceptors (Lipinski definition) is 7. The van der Waals surface area contributed by atoms with E-state index in [1.165, 1.54) is 23.9 Å². The van der Waals surface area contributed by atoms with Gasteiger partial charge in [-0.1, -0.05) is 30.0 Å². The number of para-hydroxylation sites is 1. The lowest BCUT2D eigenvalue weighted by molar-refractivity contribution is 0.102. The van der Waals surface area contributed by atoms with Crippen molar-refractivity contribution in [1.82, 2.24) is 19.7 Å². The number of carbonyl (C=O) groups excluding carboxylic acids is 1. The number of nitrogens with one attached hydrogen (secondary N) is 1. The number of benzene rings is 3. The number of phenols is 2. The number of hydrogen-bond donors (Lipinski definition) is 3. The molecule has 0 aliphatic rings. The van der Waals surface area contributed by atoms with Crippen LogP contribution in [0.3, 0.4) is 0 Å². The molecule has 0 bridgehead atoms. The van der Waals surface area contributed by atoms with Crippen molar-refractivity contribution < 1.29 is 19.7 Å². The Morgan fingerprint density at radius 2 is 1.86 bits per heavy atom. The van der Waals surface area contributed by atoms with E-state index in [0.29, 0.717) is 17.6 Å². The zero-order valence-corrected chi connectivity index (χ0v) is 19.6. The van der Waals surface area contributed by atoms with Gasteiger partial charge in [0.1, 0.15) is 17.2 Å². The van der Waals surface area contributed by atoms with Gasteiger partial charge in [-0.05, 0) is 49.4 Å². The summed E-state index contributed by atoms with van der Waals surface area (Å²) in [6.07, 6.45) is 1.90. The van der Waals surface area contributed by atoms with E-state index in [0.717, 1.165) is 34.0 Å². The molecule has 0 saturated carbocycles. The monoisotopic (exact) mass is 486 g/mol. The molecule has 8 nitrogen and oxygen atoms in total. The minimum Gasteiger partial charge on any atom is -0.508 e. The largest absolute Gasteiger partial charge is 0.508 e. The van der Waals surface area contributed by atoms with Crippen LogP contribution in [0.15, 0.2) is 78.1 Å². The molecule has 3 N–H and O–H groups in total. The normalized spacial score (nSPS) is 11.1. The van der Waals surface area contributed by atoms with Crippen molar-refractivity contribution in [2.24, 2.45) is 0 Å². The molecule has 2 aromatic heterocycles. The average molecular weight is 487 g/mol. The molecule has 9 heteroatoms. The third-order valence-corrected chi connectivity index (χ3v) is 6.41. The first-order chi connectivity index (χ1) is 17.0. The van der Waals surface area contributed by atoms with Crippen LogP contribution in [0, 0.1) is 0 Å². The minimum atomic E-state index is -0.289. The molecule has 5 rings (SSSR count). The number of aromatic hydroxyl groups is 2. The van der Waals surface area contributed by atoms with Crippen molar-refractivity contribution in [2.45, 2.75) is 12.1 Å². The van der Waals surface area contributed by atoms with Gasteiger partial charge in [-0.3, -0.25) is 9.36 Å². The quantitative estimate of drug-likeness (QED) is 0.204. The van der Waals surface area contributed by atoms with E-state index in [-0.39, 0.29) is 28.6 Å². The standard InChI is InChI=1S/C26H22N4O4S/c1-2-34-18-10-7-16(8-11-18)30-25(21-14-27-22-6-4-3-5-19(21)22)28-29-26(30)35-15-24(33)20-12-9-17(31)13-23(20)32/h3-14,27,31-32H,2,15H2,1H3. The van der Waals surface area contributed by atoms with Gasteiger partial charge < -0.3 is 19.9 Å². The Morgan fingerprint density at radius 1 is 1.06 bits per heavy atom. The molecule has 0 amide bonds. The maximum absolute atomic E-state index is 12.8. The average Bonchev–Trinajstić information content (AvgIpc) is 3.47. The fourth-order valence-corrected chi connectivity index (χ4v) is 4.68. The highest BCUT2D eigenvalue weighted by Gasteiger charge is 2.21. The number of nitrogens with zero attached hydrogens (tertiary/aromatic N) is 3. The van der Waals surface area contributed by atoms with E-state index in [4.69, 9.17) is 4.74 Å². The molecular weight excluding hydrogens is 464 g/mol. The van der Waals surface area contributed by atoms with Crippen molar-refractivity contribution >= 4 is 28.4 Å². The van der Waals surface area contributed by atoms with Crippen LogP contribution < -0.4 is 4.74 Å². The highest BCUT2D eigenvalue weighted by atomic mass is 32.2. The van der Waals surface area contributed by atoms with E-state index in [9.17, 15) is 15.0 Å². The van der Waals surface area contributed by atoms with Crippen LogP contribution in [-0.4, -0.2) is 48.1 Å². The Bertz CT molecular complexity index is 1510. The van der Waals surface area contributed by atoms with Crippen LogP contribution in [0.1, 0.15) is 17.3 Å². The third-order valence-electron chi connectivity index (χ3n) is 5.48. The summed E-state index contributed by atoms with van der Waals surface area (Å²) in [5, 5.41) is 30.0. The highest BCUT2D eigenvalue weighted by molar-refractivity contribution is 7.99. The molecule has 0 aliphatic heterocycles. The number of aromatic amines is 1. The molecule has 5 aromatic rings. The molecular formula is C26H22N4O4S. The van der Waals surface area contributed by atoms with Crippen LogP contribution in [0.2, 0.25) is 0 Å². The number of ketones is 1. The molecule has 35 heavy (non-hydrogen) atoms. The number of phenolic OH excluding ortho intramolecular Hbond substituents is 2. The van der Waals surface area contributed by atoms with Gasteiger partial charge in [-0.2, -0.15) is 0 Å². The van der Waals surface area contributed by atoms with Crippen molar-refractivity contribution in [2.75, 3.05) is 12.4 Å². The molecule has 3 aromatic carbocycles. The molecule has 176 valence electrons. The number of ether oxygens (including phenoxy) is 1. The fraction of sp³-hybridized carbons (Fsp3) is 0.115. The van der Waals surface area contributed by atoms with Gasteiger partial charge in [0.05, 0.1) is 17.9 Å². The number of aromatic nitrogens is 4. The van der Waals surface area contributed by atoms with E-state index in [2.05, 4.69) is 15.2 Å². The topological polar surface area (TPSA) is 113 Å². The van der Waals surface area contributed by atoms with Crippen molar-refractivity contribution in [3.05, 3.63) is 78.5 Å². The number of carbonyl (C=O) groups is 1. The zero-order valence-electron chi connectivity index (χ0n) is 18.8. The van der Waals surface area contributed by atoms with Crippen LogP contribution in [0.5, 0.6) is 17.2 Å². The summed E-state index contributed by atoms with van der Waals surface area (Å²) < 4.78 is 7.48. The number of fused-ring (bicyclic) bond motifs is 1. The van der Waals surface area contributed by atoms with Crippen LogP contribution >= 0.6 is 11.8 Å². The summed E-state index contributed by atoms with van der Waals surface area (Å²) in [5.74, 6) is 0.761. The molecule has 0 aliphatic carbocycles. The maximum Gasteiger partial charge on any atom is 0.196 e. The lowest BCUT2D eigenvalue weighted by Gasteiger charge is -2.11. The molecule has 0 saturated heterocycles. The second-order valence-electron chi connectivity index (χ2n) is 7.73. The number of rotatable bonds is 8. The Kier molecular flexibility index (Phi) is 6.15. The summed E-state index contributed by atoms with van der Waals surface area (Å²) in [6, 6.07) is 19.5. The first-order valence-corrected chi connectivity index (χ1v) is 12.0. The maximum atomic E-state index is 12.8. The second kappa shape index (κ2) is 9.55. The highest BCUT2D eigenvalue weighted by Crippen LogP contribution is 2.33. The van der Waals surface area contributed by atoms with E-state index < -0.39 is 0 Å². The Balaban J connectivity index is 1.53. The summed E-state index contributed by atoms with van der Waals surface area (Å²) in [5.41, 5.74) is 2.83. The fourth-order valence-electron chi connectivity index (χ4n) is 3.85. The van der Waals surface area contributed by atoms with E-state index >= 15 is 0 Å².